The van der Waals surface area contributed by atoms with Crippen molar-refractivity contribution in [1.82, 2.24) is 4.57 Å². The van der Waals surface area contributed by atoms with Crippen molar-refractivity contribution in [2.24, 2.45) is 0 Å². The molecule has 24 heavy (non-hydrogen) atoms. The van der Waals surface area contributed by atoms with Gasteiger partial charge in [-0.05, 0) is 31.2 Å². The number of alkyl halides is 3. The van der Waals surface area contributed by atoms with Crippen molar-refractivity contribution in [1.29, 1.82) is 0 Å². The first kappa shape index (κ1) is 16.3. The fraction of sp³-hybridized carbons (Fsp3) is 0.133. The summed E-state index contributed by atoms with van der Waals surface area (Å²) in [5.74, 6) is -2.07. The number of thiophene rings is 1. The van der Waals surface area contributed by atoms with Crippen molar-refractivity contribution < 1.29 is 32.2 Å². The van der Waals surface area contributed by atoms with Crippen molar-refractivity contribution in [3.05, 3.63) is 46.7 Å². The number of fused-ring (bicyclic) bond motifs is 1. The number of hydrogen-bond donors (Lipinski definition) is 1. The van der Waals surface area contributed by atoms with Crippen molar-refractivity contribution in [3.8, 4) is 10.8 Å². The molecule has 1 N–H and O–H groups in total. The molecule has 4 nitrogen and oxygen atoms in total. The van der Waals surface area contributed by atoms with Crippen LogP contribution in [0.4, 0.5) is 17.6 Å². The molecule has 9 heteroatoms. The van der Waals surface area contributed by atoms with Crippen LogP contribution in [0.2, 0.25) is 0 Å². The molecule has 0 aliphatic carbocycles. The van der Waals surface area contributed by atoms with Crippen LogP contribution in [-0.4, -0.2) is 21.9 Å². The highest BCUT2D eigenvalue weighted by molar-refractivity contribution is 7.15. The Labute approximate surface area is 136 Å². The Morgan fingerprint density at radius 3 is 2.62 bits per heavy atom. The van der Waals surface area contributed by atoms with E-state index in [4.69, 9.17) is 0 Å². The number of carbonyl (C=O) groups excluding carboxylic acids is 1. The molecule has 0 saturated heterocycles. The highest BCUT2D eigenvalue weighted by Gasteiger charge is 2.32. The first-order chi connectivity index (χ1) is 11.2. The van der Waals surface area contributed by atoms with E-state index in [9.17, 15) is 27.5 Å². The van der Waals surface area contributed by atoms with Gasteiger partial charge in [0.2, 0.25) is 0 Å². The molecule has 0 aliphatic heterocycles. The van der Waals surface area contributed by atoms with Crippen LogP contribution in [0.15, 0.2) is 30.3 Å². The Hall–Kier alpha value is -2.55. The van der Waals surface area contributed by atoms with Gasteiger partial charge < -0.3 is 9.84 Å². The lowest BCUT2D eigenvalue weighted by atomic mass is 10.2. The number of benzene rings is 1. The number of phenols is 1. The third-order valence-electron chi connectivity index (χ3n) is 3.27. The second-order valence-corrected chi connectivity index (χ2v) is 6.00. The highest BCUT2D eigenvalue weighted by atomic mass is 32.1. The number of aromatic hydroxyl groups is 1. The first-order valence-electron chi connectivity index (χ1n) is 6.56. The van der Waals surface area contributed by atoms with Crippen LogP contribution in [-0.2, 0) is 0 Å². The van der Waals surface area contributed by atoms with Gasteiger partial charge in [0, 0.05) is 17.1 Å². The third kappa shape index (κ3) is 2.94. The SMILES string of the molecule is Cc1cc2cc(O)c(F)cc2n1C(=O)c1ccc(OC(F)(F)F)s1. The smallest absolute Gasteiger partial charge is 0.505 e. The van der Waals surface area contributed by atoms with Gasteiger partial charge >= 0.3 is 6.36 Å². The summed E-state index contributed by atoms with van der Waals surface area (Å²) in [6.07, 6.45) is -4.85. The van der Waals surface area contributed by atoms with E-state index < -0.39 is 28.9 Å². The molecule has 0 atom stereocenters. The van der Waals surface area contributed by atoms with Crippen LogP contribution in [0.5, 0.6) is 10.8 Å². The molecule has 0 radical (unpaired) electrons. The fourth-order valence-electron chi connectivity index (χ4n) is 2.34. The van der Waals surface area contributed by atoms with Gasteiger partial charge in [0.1, 0.15) is 0 Å². The molecule has 0 amide bonds. The molecule has 2 heterocycles. The summed E-state index contributed by atoms with van der Waals surface area (Å²) in [6, 6.07) is 5.98. The van der Waals surface area contributed by atoms with E-state index in [1.54, 1.807) is 13.0 Å². The van der Waals surface area contributed by atoms with E-state index in [0.29, 0.717) is 22.4 Å². The van der Waals surface area contributed by atoms with E-state index in [2.05, 4.69) is 4.74 Å². The zero-order valence-electron chi connectivity index (χ0n) is 12.0. The van der Waals surface area contributed by atoms with Gasteiger partial charge in [0.25, 0.3) is 5.91 Å². The number of ether oxygens (including phenoxy) is 1. The monoisotopic (exact) mass is 359 g/mol. The first-order valence-corrected chi connectivity index (χ1v) is 7.38. The third-order valence-corrected chi connectivity index (χ3v) is 4.22. The lowest BCUT2D eigenvalue weighted by Crippen LogP contribution is -2.16. The predicted molar refractivity (Wildman–Crippen MR) is 79.0 cm³/mol. The highest BCUT2D eigenvalue weighted by Crippen LogP contribution is 2.32. The average molecular weight is 359 g/mol. The molecular formula is C15H9F4NO3S. The Morgan fingerprint density at radius 2 is 1.96 bits per heavy atom. The molecule has 0 aliphatic rings. The molecule has 0 spiro atoms. The normalized spacial score (nSPS) is 11.9. The van der Waals surface area contributed by atoms with Gasteiger partial charge in [-0.15, -0.1) is 13.2 Å². The number of carbonyl (C=O) groups is 1. The molecule has 3 rings (SSSR count). The largest absolute Gasteiger partial charge is 0.573 e. The molecule has 0 bridgehead atoms. The van der Waals surface area contributed by atoms with Gasteiger partial charge in [-0.25, -0.2) is 4.39 Å². The minimum atomic E-state index is -4.85. The number of rotatable bonds is 2. The molecule has 0 saturated carbocycles. The summed E-state index contributed by atoms with van der Waals surface area (Å²) in [7, 11) is 0. The topological polar surface area (TPSA) is 51.5 Å². The average Bonchev–Trinajstić information content (AvgIpc) is 3.01. The maximum Gasteiger partial charge on any atom is 0.573 e. The Morgan fingerprint density at radius 1 is 1.25 bits per heavy atom. The van der Waals surface area contributed by atoms with Gasteiger partial charge in [-0.2, -0.15) is 0 Å². The summed E-state index contributed by atoms with van der Waals surface area (Å²) < 4.78 is 55.1. The number of halogens is 4. The van der Waals surface area contributed by atoms with Crippen LogP contribution in [0.1, 0.15) is 15.4 Å². The summed E-state index contributed by atoms with van der Waals surface area (Å²) in [6.45, 7) is 1.59. The second-order valence-electron chi connectivity index (χ2n) is 4.96. The zero-order valence-corrected chi connectivity index (χ0v) is 12.8. The van der Waals surface area contributed by atoms with Crippen molar-refractivity contribution >= 4 is 28.1 Å². The van der Waals surface area contributed by atoms with E-state index in [1.165, 1.54) is 16.7 Å². The van der Waals surface area contributed by atoms with Crippen LogP contribution in [0.25, 0.3) is 10.9 Å². The molecule has 1 aromatic carbocycles. The quantitative estimate of drug-likeness (QED) is 0.688. The van der Waals surface area contributed by atoms with Crippen LogP contribution in [0.3, 0.4) is 0 Å². The predicted octanol–water partition coefficient (Wildman–Crippen LogP) is 4.44. The van der Waals surface area contributed by atoms with Gasteiger partial charge in [-0.3, -0.25) is 9.36 Å². The molecule has 126 valence electrons. The zero-order chi connectivity index (χ0) is 17.6. The minimum Gasteiger partial charge on any atom is -0.505 e. The number of aryl methyl sites for hydroxylation is 1. The fourth-order valence-corrected chi connectivity index (χ4v) is 3.14. The number of phenolic OH excluding ortho intramolecular Hbond substituents is 1. The molecular weight excluding hydrogens is 350 g/mol. The Balaban J connectivity index is 2.03. The summed E-state index contributed by atoms with van der Waals surface area (Å²) >= 11 is 0.535. The maximum atomic E-state index is 13.6. The van der Waals surface area contributed by atoms with Crippen LogP contribution in [0, 0.1) is 12.7 Å². The molecule has 2 aromatic heterocycles. The number of nitrogens with zero attached hydrogens (tertiary/aromatic N) is 1. The minimum absolute atomic E-state index is 0.00309. The number of aromatic nitrogens is 1. The standard InChI is InChI=1S/C15H9F4NO3S/c1-7-4-8-5-11(21)9(16)6-10(8)20(7)14(22)12-2-3-13(24-12)23-15(17,18)19/h2-6,21H,1H3. The van der Waals surface area contributed by atoms with Crippen LogP contribution < -0.4 is 4.74 Å². The van der Waals surface area contributed by atoms with Crippen molar-refractivity contribution in [3.63, 3.8) is 0 Å². The second kappa shape index (κ2) is 5.52. The molecule has 0 fully saturated rings. The van der Waals surface area contributed by atoms with Crippen molar-refractivity contribution in [2.45, 2.75) is 13.3 Å². The van der Waals surface area contributed by atoms with Crippen molar-refractivity contribution in [2.75, 3.05) is 0 Å². The Kier molecular flexibility index (Phi) is 3.75. The van der Waals surface area contributed by atoms with Gasteiger partial charge in [-0.1, -0.05) is 11.3 Å². The summed E-state index contributed by atoms with van der Waals surface area (Å²) in [5.41, 5.74) is 0.658. The Bertz CT molecular complexity index is 942. The molecule has 3 aromatic rings. The van der Waals surface area contributed by atoms with Crippen LogP contribution >= 0.6 is 11.3 Å². The van der Waals surface area contributed by atoms with E-state index >= 15 is 0 Å². The van der Waals surface area contributed by atoms with Gasteiger partial charge in [0.15, 0.2) is 16.6 Å². The maximum absolute atomic E-state index is 13.6. The molecule has 0 unspecified atom stereocenters. The lowest BCUT2D eigenvalue weighted by molar-refractivity contribution is -0.273. The van der Waals surface area contributed by atoms with E-state index in [0.717, 1.165) is 12.1 Å². The van der Waals surface area contributed by atoms with E-state index in [-0.39, 0.29) is 10.4 Å². The summed E-state index contributed by atoms with van der Waals surface area (Å²) in [4.78, 5) is 12.6. The summed E-state index contributed by atoms with van der Waals surface area (Å²) in [5, 5.41) is 9.36. The number of hydrogen-bond acceptors (Lipinski definition) is 4. The van der Waals surface area contributed by atoms with Gasteiger partial charge in [0.05, 0.1) is 10.4 Å². The lowest BCUT2D eigenvalue weighted by Gasteiger charge is -2.06. The van der Waals surface area contributed by atoms with E-state index in [1.807, 2.05) is 0 Å².